The molecule has 2 N–H and O–H groups in total. The molecule has 0 spiro atoms. The Balaban J connectivity index is 1.63. The fourth-order valence-corrected chi connectivity index (χ4v) is 6.21. The number of benzene rings is 2. The summed E-state index contributed by atoms with van der Waals surface area (Å²) in [6.45, 7) is 2.79. The number of nitrogens with zero attached hydrogens (tertiary/aromatic N) is 2. The average molecular weight is 586 g/mol. The number of fused-ring (bicyclic) bond motifs is 2. The number of rotatable bonds is 5. The molecule has 1 aromatic heterocycles. The lowest BCUT2D eigenvalue weighted by Crippen LogP contribution is -2.31. The first-order valence-electron chi connectivity index (χ1n) is 12.3. The maximum absolute atomic E-state index is 14.0. The number of anilines is 3. The number of alkyl halides is 6. The molecular formula is C27H25F6N3O3S. The molecule has 6 nitrogen and oxygen atoms in total. The zero-order chi connectivity index (χ0) is 29.3. The van der Waals surface area contributed by atoms with Gasteiger partial charge in [0.25, 0.3) is 10.0 Å². The Labute approximate surface area is 226 Å². The molecule has 0 atom stereocenters. The van der Waals surface area contributed by atoms with Crippen LogP contribution in [0.1, 0.15) is 49.1 Å². The van der Waals surface area contributed by atoms with Gasteiger partial charge in [0.1, 0.15) is 11.5 Å². The Kier molecular flexibility index (Phi) is 6.42. The molecule has 2 aromatic carbocycles. The summed E-state index contributed by atoms with van der Waals surface area (Å²) in [6.07, 6.45) is -9.36. The number of aliphatic hydroxyl groups is 1. The lowest BCUT2D eigenvalue weighted by molar-refractivity contribution is -0.160. The number of aromatic nitrogens is 1. The van der Waals surface area contributed by atoms with E-state index in [0.29, 0.717) is 5.56 Å². The number of hydrogen-bond acceptors (Lipinski definition) is 5. The number of nitrogens with one attached hydrogen (secondary N) is 1. The van der Waals surface area contributed by atoms with E-state index < -0.39 is 45.4 Å². The van der Waals surface area contributed by atoms with Crippen LogP contribution in [0.3, 0.4) is 0 Å². The van der Waals surface area contributed by atoms with Crippen molar-refractivity contribution in [1.82, 2.24) is 4.98 Å². The van der Waals surface area contributed by atoms with Crippen molar-refractivity contribution in [3.05, 3.63) is 77.0 Å². The second-order valence-corrected chi connectivity index (χ2v) is 12.6. The molecule has 2 aliphatic rings. The smallest absolute Gasteiger partial charge is 0.395 e. The molecule has 40 heavy (non-hydrogen) atoms. The van der Waals surface area contributed by atoms with Crippen LogP contribution in [-0.2, 0) is 33.6 Å². The van der Waals surface area contributed by atoms with E-state index in [-0.39, 0.29) is 52.7 Å². The van der Waals surface area contributed by atoms with Gasteiger partial charge >= 0.3 is 12.4 Å². The van der Waals surface area contributed by atoms with E-state index in [4.69, 9.17) is 0 Å². The van der Waals surface area contributed by atoms with Crippen molar-refractivity contribution >= 4 is 27.2 Å². The van der Waals surface area contributed by atoms with Crippen molar-refractivity contribution in [2.45, 2.75) is 61.3 Å². The largest absolute Gasteiger partial charge is 0.433 e. The summed E-state index contributed by atoms with van der Waals surface area (Å²) in [5.74, 6) is -0.181. The van der Waals surface area contributed by atoms with Gasteiger partial charge in [0.05, 0.1) is 34.8 Å². The van der Waals surface area contributed by atoms with Crippen LogP contribution in [0.25, 0.3) is 0 Å². The van der Waals surface area contributed by atoms with E-state index in [1.165, 1.54) is 12.1 Å². The highest BCUT2D eigenvalue weighted by Gasteiger charge is 2.64. The summed E-state index contributed by atoms with van der Waals surface area (Å²) < 4.78 is 110. The van der Waals surface area contributed by atoms with Gasteiger partial charge in [-0.05, 0) is 54.3 Å². The predicted octanol–water partition coefficient (Wildman–Crippen LogP) is 6.42. The van der Waals surface area contributed by atoms with Crippen LogP contribution < -0.4 is 9.62 Å². The molecule has 0 unspecified atom stereocenters. The molecule has 1 aliphatic heterocycles. The number of aliphatic hydroxyl groups excluding tert-OH is 1. The molecule has 1 saturated carbocycles. The summed E-state index contributed by atoms with van der Waals surface area (Å²) in [5.41, 5.74) is -3.02. The van der Waals surface area contributed by atoms with Gasteiger partial charge in [0.15, 0.2) is 0 Å². The van der Waals surface area contributed by atoms with E-state index in [1.54, 1.807) is 19.9 Å². The topological polar surface area (TPSA) is 82.5 Å². The zero-order valence-corrected chi connectivity index (χ0v) is 22.2. The summed E-state index contributed by atoms with van der Waals surface area (Å²) in [4.78, 5) is 3.40. The number of sulfonamides is 1. The number of halogens is 6. The molecule has 2 heterocycles. The Morgan fingerprint density at radius 3 is 2.17 bits per heavy atom. The second kappa shape index (κ2) is 9.10. The van der Waals surface area contributed by atoms with Crippen molar-refractivity contribution in [2.75, 3.05) is 16.2 Å². The third kappa shape index (κ3) is 4.68. The van der Waals surface area contributed by atoms with E-state index in [1.807, 2.05) is 0 Å². The molecule has 1 fully saturated rings. The molecule has 3 aromatic rings. The summed E-state index contributed by atoms with van der Waals surface area (Å²) in [5, 5.41) is 12.7. The third-order valence-electron chi connectivity index (χ3n) is 7.57. The molecule has 0 bridgehead atoms. The Hall–Kier alpha value is -3.32. The van der Waals surface area contributed by atoms with Crippen molar-refractivity contribution in [1.29, 1.82) is 0 Å². The van der Waals surface area contributed by atoms with Crippen LogP contribution in [0.15, 0.2) is 59.5 Å². The van der Waals surface area contributed by atoms with Crippen molar-refractivity contribution < 1.29 is 39.9 Å². The van der Waals surface area contributed by atoms with Gasteiger partial charge in [-0.2, -0.15) is 26.3 Å². The van der Waals surface area contributed by atoms with Gasteiger partial charge in [-0.15, -0.1) is 0 Å². The first-order chi connectivity index (χ1) is 18.5. The highest BCUT2D eigenvalue weighted by Crippen LogP contribution is 2.59. The third-order valence-corrected chi connectivity index (χ3v) is 9.34. The number of pyridine rings is 1. The molecule has 0 amide bonds. The highest BCUT2D eigenvalue weighted by molar-refractivity contribution is 7.92. The van der Waals surface area contributed by atoms with Crippen LogP contribution in [0.2, 0.25) is 0 Å². The first-order valence-corrected chi connectivity index (χ1v) is 13.7. The standard InChI is InChI=1S/C27H25F6N3O3S/c1-24(2,15-37)18-6-9-20-21(13-18)36(14-16-3-10-22(26(28,29)30)35-23(16)34-20)40(38,39)19-7-4-17(5-8-19)25(11-12-25)27(31,32)33/h3-10,13,37H,11-12,14-15H2,1-2H3,(H,34,35). The van der Waals surface area contributed by atoms with Crippen molar-refractivity contribution in [2.24, 2.45) is 0 Å². The van der Waals surface area contributed by atoms with Crippen molar-refractivity contribution in [3.63, 3.8) is 0 Å². The van der Waals surface area contributed by atoms with Crippen LogP contribution in [0.5, 0.6) is 0 Å². The molecule has 0 radical (unpaired) electrons. The fourth-order valence-electron chi connectivity index (χ4n) is 4.75. The van der Waals surface area contributed by atoms with Gasteiger partial charge in [0, 0.05) is 11.0 Å². The van der Waals surface area contributed by atoms with E-state index in [9.17, 15) is 39.9 Å². The minimum Gasteiger partial charge on any atom is -0.395 e. The van der Waals surface area contributed by atoms with Gasteiger partial charge in [0.2, 0.25) is 0 Å². The second-order valence-electron chi connectivity index (χ2n) is 10.7. The minimum atomic E-state index is -4.73. The maximum Gasteiger partial charge on any atom is 0.433 e. The molecule has 5 rings (SSSR count). The Morgan fingerprint density at radius 2 is 1.62 bits per heavy atom. The molecule has 0 saturated heterocycles. The minimum absolute atomic E-state index is 0.0295. The van der Waals surface area contributed by atoms with Crippen LogP contribution in [0, 0.1) is 0 Å². The first kappa shape index (κ1) is 28.2. The normalized spacial score (nSPS) is 17.0. The molecule has 13 heteroatoms. The monoisotopic (exact) mass is 585 g/mol. The van der Waals surface area contributed by atoms with Gasteiger partial charge in [-0.25, -0.2) is 13.4 Å². The van der Waals surface area contributed by atoms with Crippen LogP contribution in [-0.4, -0.2) is 31.3 Å². The van der Waals surface area contributed by atoms with Crippen LogP contribution in [0.4, 0.5) is 43.5 Å². The van der Waals surface area contributed by atoms with Gasteiger partial charge in [-0.1, -0.05) is 38.1 Å². The Morgan fingerprint density at radius 1 is 0.975 bits per heavy atom. The van der Waals surface area contributed by atoms with E-state index in [0.717, 1.165) is 40.7 Å². The summed E-state index contributed by atoms with van der Waals surface area (Å²) in [7, 11) is -4.43. The highest BCUT2D eigenvalue weighted by atomic mass is 32.2. The quantitative estimate of drug-likeness (QED) is 0.338. The summed E-state index contributed by atoms with van der Waals surface area (Å²) in [6, 6.07) is 11.0. The SMILES string of the molecule is CC(C)(CO)c1ccc2c(c1)N(S(=O)(=O)c1ccc(C3(C(F)(F)F)CC3)cc1)Cc1ccc(C(F)(F)F)nc1N2. The summed E-state index contributed by atoms with van der Waals surface area (Å²) >= 11 is 0. The van der Waals surface area contributed by atoms with Crippen LogP contribution >= 0.6 is 0 Å². The van der Waals surface area contributed by atoms with E-state index in [2.05, 4.69) is 10.3 Å². The van der Waals surface area contributed by atoms with Crippen molar-refractivity contribution in [3.8, 4) is 0 Å². The number of hydrogen-bond donors (Lipinski definition) is 2. The predicted molar refractivity (Wildman–Crippen MR) is 136 cm³/mol. The average Bonchev–Trinajstić information content (AvgIpc) is 3.71. The van der Waals surface area contributed by atoms with E-state index >= 15 is 0 Å². The maximum atomic E-state index is 14.0. The molecule has 214 valence electrons. The lowest BCUT2D eigenvalue weighted by Gasteiger charge is -2.28. The lowest BCUT2D eigenvalue weighted by atomic mass is 9.85. The molecule has 1 aliphatic carbocycles. The van der Waals surface area contributed by atoms with Gasteiger partial charge < -0.3 is 10.4 Å². The molecular weight excluding hydrogens is 560 g/mol. The van der Waals surface area contributed by atoms with Gasteiger partial charge in [-0.3, -0.25) is 4.31 Å². The fraction of sp³-hybridized carbons (Fsp3) is 0.370. The Bertz CT molecular complexity index is 1560. The zero-order valence-electron chi connectivity index (χ0n) is 21.4.